The van der Waals surface area contributed by atoms with Crippen molar-refractivity contribution in [2.75, 3.05) is 6.54 Å². The minimum atomic E-state index is -0.637. The Kier molecular flexibility index (Phi) is 4.87. The Morgan fingerprint density at radius 1 is 1.19 bits per heavy atom. The van der Waals surface area contributed by atoms with Crippen LogP contribution in [-0.2, 0) is 22.6 Å². The first kappa shape index (κ1) is 18.0. The van der Waals surface area contributed by atoms with Gasteiger partial charge in [-0.15, -0.1) is 0 Å². The maximum absolute atomic E-state index is 13.2. The molecule has 6 heteroatoms. The number of amides is 2. The van der Waals surface area contributed by atoms with Gasteiger partial charge in [0.25, 0.3) is 0 Å². The number of fused-ring (bicyclic) bond motifs is 1. The minimum absolute atomic E-state index is 0.0529. The van der Waals surface area contributed by atoms with Crippen LogP contribution in [0.4, 0.5) is 4.39 Å². The van der Waals surface area contributed by atoms with Crippen molar-refractivity contribution in [2.24, 2.45) is 5.92 Å². The van der Waals surface area contributed by atoms with E-state index in [9.17, 15) is 14.0 Å². The van der Waals surface area contributed by atoms with Crippen molar-refractivity contribution in [1.29, 1.82) is 0 Å². The summed E-state index contributed by atoms with van der Waals surface area (Å²) in [5, 5.41) is 3.14. The molecular weight excluding hydrogens is 367 g/mol. The van der Waals surface area contributed by atoms with Crippen molar-refractivity contribution in [2.45, 2.75) is 31.8 Å². The fraction of sp³-hybridized carbons (Fsp3) is 0.333. The Balaban J connectivity index is 1.57. The molecule has 1 fully saturated rings. The highest BCUT2D eigenvalue weighted by Crippen LogP contribution is 2.37. The molecule has 0 aromatic heterocycles. The quantitative estimate of drug-likeness (QED) is 0.872. The number of hydrogen-bond acceptors (Lipinski definition) is 2. The number of nitrogens with zero attached hydrogens (tertiary/aromatic N) is 1. The Bertz CT molecular complexity index is 898. The van der Waals surface area contributed by atoms with Crippen LogP contribution in [0, 0.1) is 11.7 Å². The highest BCUT2D eigenvalue weighted by molar-refractivity contribution is 6.31. The molecule has 140 valence electrons. The summed E-state index contributed by atoms with van der Waals surface area (Å²) in [6.45, 7) is 0.726. The zero-order valence-corrected chi connectivity index (χ0v) is 15.5. The summed E-state index contributed by atoms with van der Waals surface area (Å²) in [5.41, 5.74) is 2.60. The first-order chi connectivity index (χ1) is 13.0. The Morgan fingerprint density at radius 3 is 2.70 bits per heavy atom. The summed E-state index contributed by atoms with van der Waals surface area (Å²) in [6, 6.07) is 11.2. The zero-order chi connectivity index (χ0) is 19.0. The molecule has 1 atom stereocenters. The van der Waals surface area contributed by atoms with Crippen LogP contribution in [0.2, 0.25) is 5.02 Å². The largest absolute Gasteiger partial charge is 0.350 e. The molecule has 1 heterocycles. The van der Waals surface area contributed by atoms with Gasteiger partial charge in [-0.25, -0.2) is 4.39 Å². The van der Waals surface area contributed by atoms with E-state index in [4.69, 9.17) is 11.6 Å². The van der Waals surface area contributed by atoms with Gasteiger partial charge in [-0.05, 0) is 48.1 Å². The maximum Gasteiger partial charge on any atom is 0.247 e. The average Bonchev–Trinajstić information content (AvgIpc) is 3.51. The second-order valence-electron chi connectivity index (χ2n) is 7.11. The fourth-order valence-electron chi connectivity index (χ4n) is 3.60. The molecule has 2 aliphatic rings. The molecule has 1 saturated carbocycles. The highest BCUT2D eigenvalue weighted by atomic mass is 35.5. The lowest BCUT2D eigenvalue weighted by molar-refractivity contribution is -0.142. The van der Waals surface area contributed by atoms with Crippen LogP contribution in [0.25, 0.3) is 0 Å². The summed E-state index contributed by atoms with van der Waals surface area (Å²) in [6.07, 6.45) is 2.55. The van der Waals surface area contributed by atoms with Gasteiger partial charge in [0, 0.05) is 24.0 Å². The lowest BCUT2D eigenvalue weighted by Crippen LogP contribution is -2.47. The lowest BCUT2D eigenvalue weighted by atomic mass is 9.91. The molecule has 1 N–H and O–H groups in total. The number of benzene rings is 2. The molecule has 0 saturated heterocycles. The molecule has 1 aliphatic carbocycles. The van der Waals surface area contributed by atoms with Crippen LogP contribution < -0.4 is 5.32 Å². The van der Waals surface area contributed by atoms with Crippen LogP contribution in [0.3, 0.4) is 0 Å². The van der Waals surface area contributed by atoms with Gasteiger partial charge in [0.05, 0.1) is 0 Å². The summed E-state index contributed by atoms with van der Waals surface area (Å²) < 4.78 is 13.2. The Labute approximate surface area is 162 Å². The number of carbonyl (C=O) groups is 2. The highest BCUT2D eigenvalue weighted by Gasteiger charge is 2.41. The number of hydrogen-bond donors (Lipinski definition) is 1. The second-order valence-corrected chi connectivity index (χ2v) is 7.52. The van der Waals surface area contributed by atoms with Crippen molar-refractivity contribution >= 4 is 23.4 Å². The smallest absolute Gasteiger partial charge is 0.247 e. The van der Waals surface area contributed by atoms with E-state index >= 15 is 0 Å². The summed E-state index contributed by atoms with van der Waals surface area (Å²) in [4.78, 5) is 27.5. The van der Waals surface area contributed by atoms with Gasteiger partial charge in [0.15, 0.2) is 0 Å². The number of nitrogens with one attached hydrogen (secondary N) is 1. The van der Waals surface area contributed by atoms with E-state index in [0.717, 1.165) is 30.4 Å². The molecular formula is C21H20ClFN2O2. The van der Waals surface area contributed by atoms with E-state index in [2.05, 4.69) is 5.32 Å². The third-order valence-corrected chi connectivity index (χ3v) is 5.56. The molecule has 2 amide bonds. The van der Waals surface area contributed by atoms with Gasteiger partial charge in [-0.1, -0.05) is 41.9 Å². The molecule has 4 rings (SSSR count). The Morgan fingerprint density at radius 2 is 1.96 bits per heavy atom. The van der Waals surface area contributed by atoms with Crippen molar-refractivity contribution < 1.29 is 14.0 Å². The Hall–Kier alpha value is -2.40. The number of rotatable bonds is 4. The molecule has 0 bridgehead atoms. The monoisotopic (exact) mass is 386 g/mol. The molecule has 27 heavy (non-hydrogen) atoms. The summed E-state index contributed by atoms with van der Waals surface area (Å²) >= 11 is 6.05. The van der Waals surface area contributed by atoms with E-state index in [-0.39, 0.29) is 29.3 Å². The molecule has 1 aliphatic heterocycles. The van der Waals surface area contributed by atoms with Crippen molar-refractivity contribution in [3.05, 3.63) is 70.0 Å². The predicted molar refractivity (Wildman–Crippen MR) is 101 cm³/mol. The number of halogens is 2. The number of carbonyl (C=O) groups excluding carboxylic acids is 2. The van der Waals surface area contributed by atoms with Crippen LogP contribution in [0.15, 0.2) is 42.5 Å². The van der Waals surface area contributed by atoms with Crippen LogP contribution in [0.1, 0.15) is 35.6 Å². The molecule has 4 nitrogen and oxygen atoms in total. The van der Waals surface area contributed by atoms with Gasteiger partial charge in [-0.3, -0.25) is 9.59 Å². The normalized spacial score (nSPS) is 18.7. The summed E-state index contributed by atoms with van der Waals surface area (Å²) in [5.74, 6) is -0.546. The third-order valence-electron chi connectivity index (χ3n) is 5.21. The summed E-state index contributed by atoms with van der Waals surface area (Å²) in [7, 11) is 0. The molecule has 1 unspecified atom stereocenters. The first-order valence-corrected chi connectivity index (χ1v) is 9.52. The lowest BCUT2D eigenvalue weighted by Gasteiger charge is -2.36. The van der Waals surface area contributed by atoms with Gasteiger partial charge in [0.1, 0.15) is 11.9 Å². The first-order valence-electron chi connectivity index (χ1n) is 9.14. The van der Waals surface area contributed by atoms with Gasteiger partial charge < -0.3 is 10.2 Å². The van der Waals surface area contributed by atoms with Gasteiger partial charge >= 0.3 is 0 Å². The van der Waals surface area contributed by atoms with Crippen molar-refractivity contribution in [3.8, 4) is 0 Å². The fourth-order valence-corrected chi connectivity index (χ4v) is 3.83. The SMILES string of the molecule is O=C(NCc1ccc(F)cc1Cl)C1c2ccccc2CCN1C(=O)C1CC1. The maximum atomic E-state index is 13.2. The van der Waals surface area contributed by atoms with E-state index < -0.39 is 11.9 Å². The average molecular weight is 387 g/mol. The van der Waals surface area contributed by atoms with Crippen LogP contribution in [0.5, 0.6) is 0 Å². The van der Waals surface area contributed by atoms with E-state index in [1.807, 2.05) is 24.3 Å². The molecule has 2 aromatic carbocycles. The van der Waals surface area contributed by atoms with Crippen molar-refractivity contribution in [3.63, 3.8) is 0 Å². The van der Waals surface area contributed by atoms with E-state index in [0.29, 0.717) is 12.1 Å². The standard InChI is InChI=1S/C21H20ClFN2O2/c22-18-11-16(23)8-7-15(18)12-24-20(26)19-17-4-2-1-3-13(17)9-10-25(19)21(27)14-5-6-14/h1-4,7-8,11,14,19H,5-6,9-10,12H2,(H,24,26). The van der Waals surface area contributed by atoms with Crippen molar-refractivity contribution in [1.82, 2.24) is 10.2 Å². The van der Waals surface area contributed by atoms with Crippen LogP contribution >= 0.6 is 11.6 Å². The molecule has 0 radical (unpaired) electrons. The van der Waals surface area contributed by atoms with E-state index in [1.165, 1.54) is 12.1 Å². The predicted octanol–water partition coefficient (Wildman–Crippen LogP) is 3.63. The van der Waals surface area contributed by atoms with Gasteiger partial charge in [-0.2, -0.15) is 0 Å². The second kappa shape index (κ2) is 7.31. The minimum Gasteiger partial charge on any atom is -0.350 e. The zero-order valence-electron chi connectivity index (χ0n) is 14.8. The molecule has 2 aromatic rings. The van der Waals surface area contributed by atoms with Gasteiger partial charge in [0.2, 0.25) is 11.8 Å². The third kappa shape index (κ3) is 3.69. The topological polar surface area (TPSA) is 49.4 Å². The molecule has 0 spiro atoms. The van der Waals surface area contributed by atoms with E-state index in [1.54, 1.807) is 11.0 Å². The van der Waals surface area contributed by atoms with Crippen LogP contribution in [-0.4, -0.2) is 23.3 Å².